The standard InChI is InChI=1S/C18H29N3O/c1-14(2)10-17(19)18(22)20-11-16-8-9-21(13-16)12-15-6-4-3-5-7-15/h3-7,14,16-17H,8-13,19H2,1-2H3,(H,20,22)/t16?,17-/m0/s1. The summed E-state index contributed by atoms with van der Waals surface area (Å²) in [4.78, 5) is 14.4. The van der Waals surface area contributed by atoms with E-state index < -0.39 is 0 Å². The molecule has 0 spiro atoms. The fraction of sp³-hybridized carbons (Fsp3) is 0.611. The van der Waals surface area contributed by atoms with Crippen molar-refractivity contribution in [3.8, 4) is 0 Å². The van der Waals surface area contributed by atoms with E-state index in [0.717, 1.165) is 39.0 Å². The molecule has 2 rings (SSSR count). The van der Waals surface area contributed by atoms with E-state index in [2.05, 4.69) is 48.3 Å². The van der Waals surface area contributed by atoms with E-state index in [1.165, 1.54) is 5.56 Å². The molecule has 1 aliphatic rings. The number of nitrogens with two attached hydrogens (primary N) is 1. The molecule has 1 amide bonds. The minimum Gasteiger partial charge on any atom is -0.354 e. The molecule has 1 aromatic carbocycles. The van der Waals surface area contributed by atoms with Gasteiger partial charge >= 0.3 is 0 Å². The third-order valence-corrected chi connectivity index (χ3v) is 4.25. The van der Waals surface area contributed by atoms with Gasteiger partial charge in [-0.05, 0) is 36.8 Å². The molecule has 1 saturated heterocycles. The largest absolute Gasteiger partial charge is 0.354 e. The van der Waals surface area contributed by atoms with Crippen LogP contribution in [0.25, 0.3) is 0 Å². The summed E-state index contributed by atoms with van der Waals surface area (Å²) in [5.41, 5.74) is 7.26. The van der Waals surface area contributed by atoms with Crippen molar-refractivity contribution in [3.05, 3.63) is 35.9 Å². The number of nitrogens with zero attached hydrogens (tertiary/aromatic N) is 1. The second kappa shape index (κ2) is 8.30. The van der Waals surface area contributed by atoms with Crippen molar-refractivity contribution in [1.82, 2.24) is 10.2 Å². The SMILES string of the molecule is CC(C)C[C@H](N)C(=O)NCC1CCN(Cc2ccccc2)C1. The van der Waals surface area contributed by atoms with E-state index in [9.17, 15) is 4.79 Å². The number of nitrogens with one attached hydrogen (secondary N) is 1. The molecule has 1 fully saturated rings. The fourth-order valence-corrected chi connectivity index (χ4v) is 3.06. The Kier molecular flexibility index (Phi) is 6.40. The number of hydrogen-bond donors (Lipinski definition) is 2. The first-order valence-corrected chi connectivity index (χ1v) is 8.34. The third kappa shape index (κ3) is 5.43. The molecule has 0 bridgehead atoms. The van der Waals surface area contributed by atoms with Crippen LogP contribution in [0.2, 0.25) is 0 Å². The van der Waals surface area contributed by atoms with Crippen molar-refractivity contribution < 1.29 is 4.79 Å². The first-order valence-electron chi connectivity index (χ1n) is 8.34. The smallest absolute Gasteiger partial charge is 0.236 e. The number of carbonyl (C=O) groups is 1. The maximum absolute atomic E-state index is 12.0. The van der Waals surface area contributed by atoms with E-state index in [4.69, 9.17) is 5.73 Å². The predicted octanol–water partition coefficient (Wildman–Crippen LogP) is 2.00. The zero-order valence-corrected chi connectivity index (χ0v) is 13.8. The molecule has 2 atom stereocenters. The number of likely N-dealkylation sites (tertiary alicyclic amines) is 1. The third-order valence-electron chi connectivity index (χ3n) is 4.25. The Morgan fingerprint density at radius 1 is 1.36 bits per heavy atom. The van der Waals surface area contributed by atoms with Crippen LogP contribution in [0.3, 0.4) is 0 Å². The Bertz CT molecular complexity index is 461. The Morgan fingerprint density at radius 2 is 2.09 bits per heavy atom. The number of carbonyl (C=O) groups excluding carboxylic acids is 1. The van der Waals surface area contributed by atoms with E-state index in [0.29, 0.717) is 11.8 Å². The molecule has 1 unspecified atom stereocenters. The van der Waals surface area contributed by atoms with Crippen LogP contribution < -0.4 is 11.1 Å². The lowest BCUT2D eigenvalue weighted by Crippen LogP contribution is -2.43. The summed E-state index contributed by atoms with van der Waals surface area (Å²) in [6.45, 7) is 8.08. The van der Waals surface area contributed by atoms with Gasteiger partial charge in [0.1, 0.15) is 0 Å². The van der Waals surface area contributed by atoms with Crippen LogP contribution in [-0.4, -0.2) is 36.5 Å². The molecule has 0 radical (unpaired) electrons. The quantitative estimate of drug-likeness (QED) is 0.810. The summed E-state index contributed by atoms with van der Waals surface area (Å²) in [7, 11) is 0. The Labute approximate surface area is 134 Å². The van der Waals surface area contributed by atoms with Gasteiger partial charge in [0, 0.05) is 19.6 Å². The zero-order valence-electron chi connectivity index (χ0n) is 13.8. The molecule has 0 aromatic heterocycles. The summed E-state index contributed by atoms with van der Waals surface area (Å²) < 4.78 is 0. The number of amides is 1. The summed E-state index contributed by atoms with van der Waals surface area (Å²) in [5.74, 6) is 0.989. The van der Waals surface area contributed by atoms with Crippen LogP contribution in [0, 0.1) is 11.8 Å². The van der Waals surface area contributed by atoms with Gasteiger partial charge in [-0.25, -0.2) is 0 Å². The van der Waals surface area contributed by atoms with E-state index in [1.807, 2.05) is 6.07 Å². The molecule has 4 nitrogen and oxygen atoms in total. The Morgan fingerprint density at radius 3 is 2.77 bits per heavy atom. The van der Waals surface area contributed by atoms with Crippen molar-refractivity contribution in [2.45, 2.75) is 39.3 Å². The Balaban J connectivity index is 1.69. The molecule has 122 valence electrons. The highest BCUT2D eigenvalue weighted by atomic mass is 16.2. The summed E-state index contributed by atoms with van der Waals surface area (Å²) in [6.07, 6.45) is 1.89. The molecule has 0 saturated carbocycles. The van der Waals surface area contributed by atoms with E-state index in [-0.39, 0.29) is 11.9 Å². The maximum Gasteiger partial charge on any atom is 0.236 e. The van der Waals surface area contributed by atoms with Gasteiger partial charge in [0.15, 0.2) is 0 Å². The van der Waals surface area contributed by atoms with Crippen molar-refractivity contribution >= 4 is 5.91 Å². The summed E-state index contributed by atoms with van der Waals surface area (Å²) in [6, 6.07) is 10.2. The van der Waals surface area contributed by atoms with Crippen LogP contribution in [0.1, 0.15) is 32.3 Å². The van der Waals surface area contributed by atoms with Crippen molar-refractivity contribution in [2.24, 2.45) is 17.6 Å². The minimum absolute atomic E-state index is 0.00444. The molecule has 1 heterocycles. The molecular formula is C18H29N3O. The van der Waals surface area contributed by atoms with Crippen molar-refractivity contribution in [1.29, 1.82) is 0 Å². The van der Waals surface area contributed by atoms with Gasteiger partial charge in [0.2, 0.25) is 5.91 Å². The normalized spacial score (nSPS) is 20.3. The highest BCUT2D eigenvalue weighted by Crippen LogP contribution is 2.18. The molecule has 1 aromatic rings. The lowest BCUT2D eigenvalue weighted by atomic mass is 10.0. The Hall–Kier alpha value is -1.39. The van der Waals surface area contributed by atoms with Crippen LogP contribution in [-0.2, 0) is 11.3 Å². The van der Waals surface area contributed by atoms with Crippen molar-refractivity contribution in [2.75, 3.05) is 19.6 Å². The van der Waals surface area contributed by atoms with Gasteiger partial charge in [-0.1, -0.05) is 44.2 Å². The van der Waals surface area contributed by atoms with Gasteiger partial charge in [0.05, 0.1) is 6.04 Å². The van der Waals surface area contributed by atoms with Crippen LogP contribution in [0.15, 0.2) is 30.3 Å². The highest BCUT2D eigenvalue weighted by Gasteiger charge is 2.23. The summed E-state index contributed by atoms with van der Waals surface area (Å²) in [5, 5.41) is 3.02. The maximum atomic E-state index is 12.0. The lowest BCUT2D eigenvalue weighted by molar-refractivity contribution is -0.122. The average molecular weight is 303 g/mol. The zero-order chi connectivity index (χ0) is 15.9. The monoisotopic (exact) mass is 303 g/mol. The van der Waals surface area contributed by atoms with Crippen molar-refractivity contribution in [3.63, 3.8) is 0 Å². The minimum atomic E-state index is -0.373. The van der Waals surface area contributed by atoms with Gasteiger partial charge < -0.3 is 11.1 Å². The lowest BCUT2D eigenvalue weighted by Gasteiger charge is -2.18. The molecule has 3 N–H and O–H groups in total. The number of hydrogen-bond acceptors (Lipinski definition) is 3. The first-order chi connectivity index (χ1) is 10.5. The van der Waals surface area contributed by atoms with Gasteiger partial charge in [-0.15, -0.1) is 0 Å². The number of benzene rings is 1. The highest BCUT2D eigenvalue weighted by molar-refractivity contribution is 5.81. The molecular weight excluding hydrogens is 274 g/mol. The average Bonchev–Trinajstić information content (AvgIpc) is 2.92. The van der Waals surface area contributed by atoms with Crippen LogP contribution in [0.5, 0.6) is 0 Å². The topological polar surface area (TPSA) is 58.4 Å². The summed E-state index contributed by atoms with van der Waals surface area (Å²) >= 11 is 0. The second-order valence-corrected chi connectivity index (χ2v) is 6.86. The van der Waals surface area contributed by atoms with Gasteiger partial charge in [-0.2, -0.15) is 0 Å². The first kappa shape index (κ1) is 17.0. The predicted molar refractivity (Wildman–Crippen MR) is 90.3 cm³/mol. The molecule has 4 heteroatoms. The fourth-order valence-electron chi connectivity index (χ4n) is 3.06. The van der Waals surface area contributed by atoms with Gasteiger partial charge in [-0.3, -0.25) is 9.69 Å². The second-order valence-electron chi connectivity index (χ2n) is 6.86. The van der Waals surface area contributed by atoms with Crippen LogP contribution >= 0.6 is 0 Å². The number of rotatable bonds is 7. The van der Waals surface area contributed by atoms with Gasteiger partial charge in [0.25, 0.3) is 0 Å². The van der Waals surface area contributed by atoms with Crippen LogP contribution in [0.4, 0.5) is 0 Å². The van der Waals surface area contributed by atoms with E-state index in [1.54, 1.807) is 0 Å². The molecule has 0 aliphatic carbocycles. The molecule has 1 aliphatic heterocycles. The molecule has 22 heavy (non-hydrogen) atoms. The van der Waals surface area contributed by atoms with E-state index >= 15 is 0 Å².